The second-order valence-electron chi connectivity index (χ2n) is 3.92. The lowest BCUT2D eigenvalue weighted by Crippen LogP contribution is -2.27. The smallest absolute Gasteiger partial charge is 0.228 e. The van der Waals surface area contributed by atoms with Crippen LogP contribution in [0.5, 0.6) is 0 Å². The molecule has 0 saturated heterocycles. The van der Waals surface area contributed by atoms with E-state index in [4.69, 9.17) is 11.6 Å². The Labute approximate surface area is 98.8 Å². The lowest BCUT2D eigenvalue weighted by atomic mass is 10.1. The molecule has 0 atom stereocenters. The quantitative estimate of drug-likeness (QED) is 0.645. The number of rotatable bonds is 4. The molecule has 4 heteroatoms. The van der Waals surface area contributed by atoms with Gasteiger partial charge in [-0.3, -0.25) is 9.59 Å². The van der Waals surface area contributed by atoms with Crippen molar-refractivity contribution in [3.63, 3.8) is 0 Å². The van der Waals surface area contributed by atoms with Gasteiger partial charge in [-0.2, -0.15) is 0 Å². The molecule has 1 saturated carbocycles. The van der Waals surface area contributed by atoms with Gasteiger partial charge in [-0.25, -0.2) is 0 Å². The Morgan fingerprint density at radius 2 is 2.00 bits per heavy atom. The summed E-state index contributed by atoms with van der Waals surface area (Å²) in [6.45, 7) is 0. The molecule has 0 radical (unpaired) electrons. The molecule has 2 rings (SSSR count). The molecule has 1 aromatic rings. The maximum absolute atomic E-state index is 11.7. The maximum Gasteiger partial charge on any atom is 0.228 e. The minimum absolute atomic E-state index is 0.125. The first-order valence-corrected chi connectivity index (χ1v) is 5.61. The Balaban J connectivity index is 1.96. The Kier molecular flexibility index (Phi) is 3.25. The molecule has 0 spiro atoms. The third-order valence-electron chi connectivity index (χ3n) is 2.44. The SMILES string of the molecule is O=C(CC(=O)c1ccccc1Cl)NC1CC1. The van der Waals surface area contributed by atoms with Crippen LogP contribution in [0.3, 0.4) is 0 Å². The third kappa shape index (κ3) is 2.83. The highest BCUT2D eigenvalue weighted by atomic mass is 35.5. The topological polar surface area (TPSA) is 46.2 Å². The van der Waals surface area contributed by atoms with E-state index in [1.807, 2.05) is 0 Å². The van der Waals surface area contributed by atoms with Crippen molar-refractivity contribution in [3.8, 4) is 0 Å². The van der Waals surface area contributed by atoms with Gasteiger partial charge in [0.05, 0.1) is 11.4 Å². The summed E-state index contributed by atoms with van der Waals surface area (Å²) < 4.78 is 0. The van der Waals surface area contributed by atoms with Gasteiger partial charge in [0.2, 0.25) is 5.91 Å². The van der Waals surface area contributed by atoms with Crippen molar-refractivity contribution in [2.75, 3.05) is 0 Å². The van der Waals surface area contributed by atoms with Gasteiger partial charge in [-0.15, -0.1) is 0 Å². The predicted octanol–water partition coefficient (Wildman–Crippen LogP) is 2.19. The average Bonchev–Trinajstić information content (AvgIpc) is 3.01. The highest BCUT2D eigenvalue weighted by Gasteiger charge is 2.24. The Hall–Kier alpha value is -1.35. The van der Waals surface area contributed by atoms with Gasteiger partial charge in [0.25, 0.3) is 0 Å². The first-order chi connectivity index (χ1) is 7.66. The summed E-state index contributed by atoms with van der Waals surface area (Å²) in [6.07, 6.45) is 1.91. The van der Waals surface area contributed by atoms with Crippen molar-refractivity contribution in [2.24, 2.45) is 0 Å². The summed E-state index contributed by atoms with van der Waals surface area (Å²) >= 11 is 5.87. The van der Waals surface area contributed by atoms with Crippen LogP contribution in [0.15, 0.2) is 24.3 Å². The van der Waals surface area contributed by atoms with E-state index in [0.29, 0.717) is 10.6 Å². The van der Waals surface area contributed by atoms with Gasteiger partial charge in [0, 0.05) is 11.6 Å². The Bertz CT molecular complexity index is 427. The van der Waals surface area contributed by atoms with Crippen molar-refractivity contribution in [1.29, 1.82) is 0 Å². The summed E-state index contributed by atoms with van der Waals surface area (Å²) in [5.74, 6) is -0.448. The molecule has 1 aliphatic rings. The maximum atomic E-state index is 11.7. The lowest BCUT2D eigenvalue weighted by molar-refractivity contribution is -0.120. The van der Waals surface area contributed by atoms with Gasteiger partial charge in [0.1, 0.15) is 0 Å². The zero-order chi connectivity index (χ0) is 11.5. The molecule has 0 heterocycles. The number of nitrogens with one attached hydrogen (secondary N) is 1. The second kappa shape index (κ2) is 4.66. The van der Waals surface area contributed by atoms with Crippen molar-refractivity contribution >= 4 is 23.3 Å². The van der Waals surface area contributed by atoms with Gasteiger partial charge >= 0.3 is 0 Å². The highest BCUT2D eigenvalue weighted by Crippen LogP contribution is 2.20. The number of Topliss-reactive ketones (excluding diaryl/α,β-unsaturated/α-hetero) is 1. The third-order valence-corrected chi connectivity index (χ3v) is 2.77. The van der Waals surface area contributed by atoms with Gasteiger partial charge in [-0.05, 0) is 25.0 Å². The van der Waals surface area contributed by atoms with Crippen molar-refractivity contribution < 1.29 is 9.59 Å². The molecule has 16 heavy (non-hydrogen) atoms. The molecule has 0 aromatic heterocycles. The van der Waals surface area contributed by atoms with Gasteiger partial charge < -0.3 is 5.32 Å². The zero-order valence-corrected chi connectivity index (χ0v) is 9.46. The molecule has 0 aliphatic heterocycles. The average molecular weight is 238 g/mol. The van der Waals surface area contributed by atoms with Gasteiger partial charge in [-0.1, -0.05) is 23.7 Å². The van der Waals surface area contributed by atoms with E-state index >= 15 is 0 Å². The summed E-state index contributed by atoms with van der Waals surface area (Å²) in [4.78, 5) is 23.1. The van der Waals surface area contributed by atoms with Crippen molar-refractivity contribution in [2.45, 2.75) is 25.3 Å². The second-order valence-corrected chi connectivity index (χ2v) is 4.33. The van der Waals surface area contributed by atoms with E-state index in [-0.39, 0.29) is 24.2 Å². The van der Waals surface area contributed by atoms with Crippen LogP contribution in [-0.2, 0) is 4.79 Å². The van der Waals surface area contributed by atoms with E-state index in [0.717, 1.165) is 12.8 Å². The van der Waals surface area contributed by atoms with Crippen LogP contribution in [0.25, 0.3) is 0 Å². The molecule has 1 amide bonds. The molecule has 1 aromatic carbocycles. The molecule has 84 valence electrons. The fourth-order valence-electron chi connectivity index (χ4n) is 1.43. The number of halogens is 1. The fourth-order valence-corrected chi connectivity index (χ4v) is 1.68. The van der Waals surface area contributed by atoms with Crippen LogP contribution >= 0.6 is 11.6 Å². The molecule has 1 aliphatic carbocycles. The summed E-state index contributed by atoms with van der Waals surface area (Å²) in [7, 11) is 0. The van der Waals surface area contributed by atoms with E-state index in [2.05, 4.69) is 5.32 Å². The van der Waals surface area contributed by atoms with Crippen LogP contribution in [-0.4, -0.2) is 17.7 Å². The molecule has 1 fully saturated rings. The van der Waals surface area contributed by atoms with Crippen molar-refractivity contribution in [3.05, 3.63) is 34.9 Å². The molecular weight excluding hydrogens is 226 g/mol. The van der Waals surface area contributed by atoms with Crippen LogP contribution < -0.4 is 5.32 Å². The molecular formula is C12H12ClNO2. The predicted molar refractivity (Wildman–Crippen MR) is 61.6 cm³/mol. The summed E-state index contributed by atoms with van der Waals surface area (Å²) in [5.41, 5.74) is 0.412. The standard InChI is InChI=1S/C12H12ClNO2/c13-10-4-2-1-3-9(10)11(15)7-12(16)14-8-5-6-8/h1-4,8H,5-7H2,(H,14,16). The lowest BCUT2D eigenvalue weighted by Gasteiger charge is -2.04. The van der Waals surface area contributed by atoms with E-state index in [9.17, 15) is 9.59 Å². The van der Waals surface area contributed by atoms with E-state index in [1.165, 1.54) is 0 Å². The van der Waals surface area contributed by atoms with Crippen molar-refractivity contribution in [1.82, 2.24) is 5.32 Å². The molecule has 0 bridgehead atoms. The van der Waals surface area contributed by atoms with Crippen LogP contribution in [0.1, 0.15) is 29.6 Å². The van der Waals surface area contributed by atoms with Crippen LogP contribution in [0, 0.1) is 0 Å². The minimum atomic E-state index is -0.233. The largest absolute Gasteiger partial charge is 0.353 e. The summed E-state index contributed by atoms with van der Waals surface area (Å²) in [6, 6.07) is 7.05. The van der Waals surface area contributed by atoms with E-state index < -0.39 is 0 Å². The molecule has 1 N–H and O–H groups in total. The molecule has 0 unspecified atom stereocenters. The van der Waals surface area contributed by atoms with Crippen LogP contribution in [0.2, 0.25) is 5.02 Å². The number of carbonyl (C=O) groups excluding carboxylic acids is 2. The number of benzene rings is 1. The highest BCUT2D eigenvalue weighted by molar-refractivity contribution is 6.34. The van der Waals surface area contributed by atoms with Gasteiger partial charge in [0.15, 0.2) is 5.78 Å². The fraction of sp³-hybridized carbons (Fsp3) is 0.333. The number of hydrogen-bond donors (Lipinski definition) is 1. The van der Waals surface area contributed by atoms with E-state index in [1.54, 1.807) is 24.3 Å². The number of ketones is 1. The summed E-state index contributed by atoms with van der Waals surface area (Å²) in [5, 5.41) is 3.17. The van der Waals surface area contributed by atoms with Crippen LogP contribution in [0.4, 0.5) is 0 Å². The Morgan fingerprint density at radius 1 is 1.31 bits per heavy atom. The first kappa shape index (κ1) is 11.1. The Morgan fingerprint density at radius 3 is 2.62 bits per heavy atom. The minimum Gasteiger partial charge on any atom is -0.353 e. The number of hydrogen-bond acceptors (Lipinski definition) is 2. The monoisotopic (exact) mass is 237 g/mol. The number of carbonyl (C=O) groups is 2. The number of amides is 1. The normalized spacial score (nSPS) is 14.6. The molecule has 3 nitrogen and oxygen atoms in total. The zero-order valence-electron chi connectivity index (χ0n) is 8.70. The first-order valence-electron chi connectivity index (χ1n) is 5.24.